The molecule has 40 heavy (non-hydrogen) atoms. The van der Waals surface area contributed by atoms with Gasteiger partial charge in [-0.25, -0.2) is 19.2 Å². The number of rotatable bonds is 6. The lowest BCUT2D eigenvalue weighted by Gasteiger charge is -2.41. The minimum absolute atomic E-state index is 0.159. The Bertz CT molecular complexity index is 1160. The maximum atomic E-state index is 12.3. The smallest absolute Gasteiger partial charge is 0.411 e. The van der Waals surface area contributed by atoms with E-state index < -0.39 is 29.2 Å². The van der Waals surface area contributed by atoms with E-state index in [-0.39, 0.29) is 19.2 Å². The lowest BCUT2D eigenvalue weighted by atomic mass is 9.89. The molecular weight excluding hydrogens is 516 g/mol. The molecule has 2 aliphatic rings. The maximum absolute atomic E-state index is 12.3. The van der Waals surface area contributed by atoms with Gasteiger partial charge in [-0.05, 0) is 57.1 Å². The number of piperidine rings is 1. The van der Waals surface area contributed by atoms with Gasteiger partial charge < -0.3 is 19.3 Å². The van der Waals surface area contributed by atoms with Crippen LogP contribution in [0.3, 0.4) is 0 Å². The Labute approximate surface area is 234 Å². The molecule has 2 aromatic carbocycles. The number of hydrogen-bond acceptors (Lipinski definition) is 7. The highest BCUT2D eigenvalue weighted by molar-refractivity contribution is 5.86. The van der Waals surface area contributed by atoms with Crippen LogP contribution < -0.4 is 0 Å². The number of carbonyl (C=O) groups is 4. The first-order valence-corrected chi connectivity index (χ1v) is 13.4. The van der Waals surface area contributed by atoms with Gasteiger partial charge in [0.25, 0.3) is 0 Å². The molecule has 216 valence electrons. The van der Waals surface area contributed by atoms with E-state index in [2.05, 4.69) is 0 Å². The van der Waals surface area contributed by atoms with Crippen LogP contribution in [-0.2, 0) is 37.0 Å². The first-order chi connectivity index (χ1) is 19.1. The number of nitrogens with zero attached hydrogens (tertiary/aromatic N) is 2. The zero-order chi connectivity index (χ0) is 29.2. The topological polar surface area (TPSA) is 123 Å². The summed E-state index contributed by atoms with van der Waals surface area (Å²) in [5, 5.41) is 9.23. The van der Waals surface area contributed by atoms with E-state index in [1.54, 1.807) is 13.8 Å². The van der Waals surface area contributed by atoms with Crippen LogP contribution in [0, 0.1) is 0 Å². The number of carboxylic acids is 1. The molecule has 2 unspecified atom stereocenters. The third kappa shape index (κ3) is 7.31. The lowest BCUT2D eigenvalue weighted by Crippen LogP contribution is -2.58. The molecule has 2 aromatic rings. The highest BCUT2D eigenvalue weighted by Crippen LogP contribution is 2.31. The van der Waals surface area contributed by atoms with E-state index in [0.29, 0.717) is 32.4 Å². The normalized spacial score (nSPS) is 22.0. The summed E-state index contributed by atoms with van der Waals surface area (Å²) in [7, 11) is 1.34. The van der Waals surface area contributed by atoms with Crippen LogP contribution in [0.25, 0.3) is 0 Å². The van der Waals surface area contributed by atoms with Gasteiger partial charge in [0.15, 0.2) is 0 Å². The molecular formula is C30H38N2O8. The van der Waals surface area contributed by atoms with Crippen molar-refractivity contribution in [3.8, 4) is 0 Å². The summed E-state index contributed by atoms with van der Waals surface area (Å²) in [6.07, 6.45) is 2.48. The molecule has 2 heterocycles. The fourth-order valence-electron chi connectivity index (χ4n) is 4.92. The second-order valence-electron chi connectivity index (χ2n) is 10.3. The largest absolute Gasteiger partial charge is 0.480 e. The number of carbonyl (C=O) groups excluding carboxylic acids is 3. The standard InChI is InChI=1S/C16H21NO4.C14H17NO4/c1-16(14(18)20-2)10-6-7-11-17(16)15(19)21-12-13-8-4-3-5-9-13;1-14(12(16)17)8-5-9-15(14)13(18)19-10-11-6-3-2-4-7-11/h3-5,8-9H,6-7,10-12H2,1-2H3;2-4,6-7H,5,8-10H2,1H3,(H,16,17). The predicted molar refractivity (Wildman–Crippen MR) is 146 cm³/mol. The van der Waals surface area contributed by atoms with E-state index in [0.717, 1.165) is 24.0 Å². The first-order valence-electron chi connectivity index (χ1n) is 13.4. The van der Waals surface area contributed by atoms with E-state index in [4.69, 9.17) is 14.2 Å². The minimum atomic E-state index is -1.15. The minimum Gasteiger partial charge on any atom is -0.480 e. The highest BCUT2D eigenvalue weighted by Gasteiger charge is 2.47. The monoisotopic (exact) mass is 554 g/mol. The number of esters is 1. The van der Waals surface area contributed by atoms with Crippen LogP contribution in [-0.4, -0.2) is 70.3 Å². The van der Waals surface area contributed by atoms with Crippen LogP contribution in [0.2, 0.25) is 0 Å². The Hall–Kier alpha value is -4.08. The number of hydrogen-bond donors (Lipinski definition) is 1. The number of ether oxygens (including phenoxy) is 3. The molecule has 0 spiro atoms. The van der Waals surface area contributed by atoms with Gasteiger partial charge in [-0.1, -0.05) is 60.7 Å². The molecule has 10 heteroatoms. The SMILES string of the molecule is CC1(C(=O)O)CCCN1C(=O)OCc1ccccc1.COC(=O)C1(C)CCCCN1C(=O)OCc1ccccc1. The van der Waals surface area contributed by atoms with Crippen LogP contribution in [0.15, 0.2) is 60.7 Å². The van der Waals surface area contributed by atoms with Crippen molar-refractivity contribution in [3.63, 3.8) is 0 Å². The second kappa shape index (κ2) is 13.8. The van der Waals surface area contributed by atoms with E-state index in [1.165, 1.54) is 16.9 Å². The number of benzene rings is 2. The number of carboxylic acid groups (broad SMARTS) is 1. The third-order valence-electron chi connectivity index (χ3n) is 7.47. The quantitative estimate of drug-likeness (QED) is 0.391. The molecule has 2 aliphatic heterocycles. The van der Waals surface area contributed by atoms with Gasteiger partial charge in [0.05, 0.1) is 7.11 Å². The van der Waals surface area contributed by atoms with Crippen molar-refractivity contribution in [3.05, 3.63) is 71.8 Å². The molecule has 2 saturated heterocycles. The molecule has 10 nitrogen and oxygen atoms in total. The average molecular weight is 555 g/mol. The maximum Gasteiger partial charge on any atom is 0.411 e. The van der Waals surface area contributed by atoms with Gasteiger partial charge in [-0.2, -0.15) is 0 Å². The molecule has 0 radical (unpaired) electrons. The zero-order valence-electron chi connectivity index (χ0n) is 23.3. The van der Waals surface area contributed by atoms with Gasteiger partial charge in [0, 0.05) is 13.1 Å². The Balaban J connectivity index is 0.000000222. The first kappa shape index (κ1) is 30.5. The number of amides is 2. The summed E-state index contributed by atoms with van der Waals surface area (Å²) in [4.78, 5) is 50.3. The fraction of sp³-hybridized carbons (Fsp3) is 0.467. The second-order valence-corrected chi connectivity index (χ2v) is 10.3. The van der Waals surface area contributed by atoms with Crippen LogP contribution >= 0.6 is 0 Å². The van der Waals surface area contributed by atoms with Crippen molar-refractivity contribution in [1.29, 1.82) is 0 Å². The molecule has 0 saturated carbocycles. The molecule has 1 N–H and O–H groups in total. The summed E-state index contributed by atoms with van der Waals surface area (Å²) in [6, 6.07) is 18.8. The zero-order valence-corrected chi connectivity index (χ0v) is 23.3. The van der Waals surface area contributed by atoms with E-state index >= 15 is 0 Å². The fourth-order valence-corrected chi connectivity index (χ4v) is 4.92. The molecule has 0 bridgehead atoms. The summed E-state index contributed by atoms with van der Waals surface area (Å²) in [5.74, 6) is -1.37. The Kier molecular flexibility index (Phi) is 10.5. The molecule has 2 amide bonds. The van der Waals surface area contributed by atoms with Crippen LogP contribution in [0.4, 0.5) is 9.59 Å². The van der Waals surface area contributed by atoms with Crippen molar-refractivity contribution in [2.75, 3.05) is 20.2 Å². The van der Waals surface area contributed by atoms with Crippen molar-refractivity contribution in [2.24, 2.45) is 0 Å². The van der Waals surface area contributed by atoms with Gasteiger partial charge in [0.1, 0.15) is 24.3 Å². The lowest BCUT2D eigenvalue weighted by molar-refractivity contribution is -0.155. The van der Waals surface area contributed by atoms with Crippen LogP contribution in [0.1, 0.15) is 57.1 Å². The van der Waals surface area contributed by atoms with Gasteiger partial charge in [-0.3, -0.25) is 9.80 Å². The summed E-state index contributed by atoms with van der Waals surface area (Å²) >= 11 is 0. The molecule has 0 aromatic heterocycles. The number of methoxy groups -OCH3 is 1. The number of aliphatic carboxylic acids is 1. The Morgan fingerprint density at radius 3 is 1.65 bits per heavy atom. The third-order valence-corrected chi connectivity index (χ3v) is 7.47. The van der Waals surface area contributed by atoms with Gasteiger partial charge >= 0.3 is 24.1 Å². The van der Waals surface area contributed by atoms with E-state index in [1.807, 2.05) is 60.7 Å². The van der Waals surface area contributed by atoms with Crippen molar-refractivity contribution < 1.29 is 38.5 Å². The summed E-state index contributed by atoms with van der Waals surface area (Å²) < 4.78 is 15.4. The highest BCUT2D eigenvalue weighted by atomic mass is 16.6. The Morgan fingerprint density at radius 2 is 1.18 bits per heavy atom. The predicted octanol–water partition coefficient (Wildman–Crippen LogP) is 5.00. The molecule has 2 fully saturated rings. The number of likely N-dealkylation sites (tertiary alicyclic amines) is 2. The van der Waals surface area contributed by atoms with Gasteiger partial charge in [-0.15, -0.1) is 0 Å². The Morgan fingerprint density at radius 1 is 0.725 bits per heavy atom. The summed E-state index contributed by atoms with van der Waals surface area (Å²) in [6.45, 7) is 4.60. The van der Waals surface area contributed by atoms with Gasteiger partial charge in [0.2, 0.25) is 0 Å². The average Bonchev–Trinajstić information content (AvgIpc) is 3.39. The van der Waals surface area contributed by atoms with Crippen molar-refractivity contribution in [2.45, 2.75) is 70.2 Å². The van der Waals surface area contributed by atoms with Crippen LogP contribution in [0.5, 0.6) is 0 Å². The van der Waals surface area contributed by atoms with E-state index in [9.17, 15) is 24.3 Å². The molecule has 4 rings (SSSR count). The van der Waals surface area contributed by atoms with Crippen molar-refractivity contribution in [1.82, 2.24) is 9.80 Å². The summed E-state index contributed by atoms with van der Waals surface area (Å²) in [5.41, 5.74) is -0.274. The molecule has 0 aliphatic carbocycles. The van der Waals surface area contributed by atoms with Crippen molar-refractivity contribution >= 4 is 24.1 Å². The molecule has 2 atom stereocenters.